The predicted molar refractivity (Wildman–Crippen MR) is 82.3 cm³/mol. The Hall–Kier alpha value is -1.69. The molecule has 1 aromatic heterocycles. The van der Waals surface area contributed by atoms with Crippen LogP contribution < -0.4 is 5.73 Å². The summed E-state index contributed by atoms with van der Waals surface area (Å²) in [6.45, 7) is 6.35. The average Bonchev–Trinajstić information content (AvgIpc) is 2.33. The summed E-state index contributed by atoms with van der Waals surface area (Å²) in [5, 5.41) is 0. The molecule has 0 bridgehead atoms. The molecule has 0 aliphatic carbocycles. The molecule has 1 rings (SSSR count). The number of thiocarbonyl (C=S) groups is 1. The highest BCUT2D eigenvalue weighted by atomic mass is 32.1. The maximum atomic E-state index is 12.2. The molecule has 2 N–H and O–H groups in total. The standard InChI is InChI=1S/C14H21N3O2S/c1-14(2,3)19-13(18)17(8-6-12(15)20)10-11-5-4-7-16-9-11/h4-5,7,9H,6,8,10H2,1-3H3,(H2,15,20). The molecule has 1 heterocycles. The Morgan fingerprint density at radius 1 is 1.50 bits per heavy atom. The van der Waals surface area contributed by atoms with Gasteiger partial charge in [-0.25, -0.2) is 4.79 Å². The fourth-order valence-electron chi connectivity index (χ4n) is 1.52. The summed E-state index contributed by atoms with van der Waals surface area (Å²) in [6, 6.07) is 3.74. The third-order valence-corrected chi connectivity index (χ3v) is 2.58. The lowest BCUT2D eigenvalue weighted by Crippen LogP contribution is -2.38. The minimum atomic E-state index is -0.534. The molecule has 1 aromatic rings. The summed E-state index contributed by atoms with van der Waals surface area (Å²) < 4.78 is 5.39. The van der Waals surface area contributed by atoms with Crippen LogP contribution in [0.1, 0.15) is 32.8 Å². The highest BCUT2D eigenvalue weighted by Gasteiger charge is 2.22. The fourth-order valence-corrected chi connectivity index (χ4v) is 1.61. The molecular formula is C14H21N3O2S. The van der Waals surface area contributed by atoms with Crippen LogP contribution in [-0.4, -0.2) is 33.1 Å². The second kappa shape index (κ2) is 7.19. The van der Waals surface area contributed by atoms with Crippen LogP contribution in [0.4, 0.5) is 4.79 Å². The van der Waals surface area contributed by atoms with E-state index in [2.05, 4.69) is 4.98 Å². The van der Waals surface area contributed by atoms with Crippen molar-refractivity contribution in [1.82, 2.24) is 9.88 Å². The van der Waals surface area contributed by atoms with Gasteiger partial charge in [0.2, 0.25) is 0 Å². The Morgan fingerprint density at radius 2 is 2.20 bits per heavy atom. The Labute approximate surface area is 125 Å². The van der Waals surface area contributed by atoms with Gasteiger partial charge in [-0.2, -0.15) is 0 Å². The first-order valence-electron chi connectivity index (χ1n) is 6.43. The van der Waals surface area contributed by atoms with Crippen molar-refractivity contribution in [2.24, 2.45) is 5.73 Å². The van der Waals surface area contributed by atoms with Crippen molar-refractivity contribution < 1.29 is 9.53 Å². The molecule has 0 aromatic carbocycles. The van der Waals surface area contributed by atoms with Crippen LogP contribution in [0.3, 0.4) is 0 Å². The highest BCUT2D eigenvalue weighted by molar-refractivity contribution is 7.80. The molecule has 0 atom stereocenters. The molecule has 110 valence electrons. The molecule has 20 heavy (non-hydrogen) atoms. The summed E-state index contributed by atoms with van der Waals surface area (Å²) in [5.74, 6) is 0. The van der Waals surface area contributed by atoms with E-state index in [1.807, 2.05) is 32.9 Å². The van der Waals surface area contributed by atoms with E-state index < -0.39 is 5.60 Å². The van der Waals surface area contributed by atoms with Crippen molar-refractivity contribution in [2.45, 2.75) is 39.3 Å². The number of nitrogens with two attached hydrogens (primary N) is 1. The molecular weight excluding hydrogens is 274 g/mol. The molecule has 0 saturated heterocycles. The average molecular weight is 295 g/mol. The van der Waals surface area contributed by atoms with Crippen LogP contribution in [0, 0.1) is 0 Å². The van der Waals surface area contributed by atoms with Crippen LogP contribution in [0.25, 0.3) is 0 Å². The topological polar surface area (TPSA) is 68.5 Å². The van der Waals surface area contributed by atoms with E-state index in [0.29, 0.717) is 24.5 Å². The van der Waals surface area contributed by atoms with Gasteiger partial charge in [0.05, 0.1) is 11.5 Å². The molecule has 5 nitrogen and oxygen atoms in total. The van der Waals surface area contributed by atoms with Crippen LogP contribution in [0.2, 0.25) is 0 Å². The number of hydrogen-bond donors (Lipinski definition) is 1. The molecule has 0 radical (unpaired) electrons. The molecule has 0 aliphatic rings. The van der Waals surface area contributed by atoms with E-state index in [4.69, 9.17) is 22.7 Å². The molecule has 0 unspecified atom stereocenters. The van der Waals surface area contributed by atoms with Gasteiger partial charge in [0.25, 0.3) is 0 Å². The smallest absolute Gasteiger partial charge is 0.410 e. The van der Waals surface area contributed by atoms with Gasteiger partial charge in [0.15, 0.2) is 0 Å². The maximum absolute atomic E-state index is 12.2. The summed E-state index contributed by atoms with van der Waals surface area (Å²) in [4.78, 5) is 18.2. The van der Waals surface area contributed by atoms with Crippen LogP contribution in [0.5, 0.6) is 0 Å². The van der Waals surface area contributed by atoms with Gasteiger partial charge in [-0.15, -0.1) is 0 Å². The van der Waals surface area contributed by atoms with Gasteiger partial charge < -0.3 is 15.4 Å². The minimum absolute atomic E-state index is 0.377. The largest absolute Gasteiger partial charge is 0.444 e. The predicted octanol–water partition coefficient (Wildman–Crippen LogP) is 2.49. The van der Waals surface area contributed by atoms with Crippen molar-refractivity contribution >= 4 is 23.3 Å². The first-order chi connectivity index (χ1) is 9.28. The van der Waals surface area contributed by atoms with Crippen molar-refractivity contribution in [2.75, 3.05) is 6.54 Å². The van der Waals surface area contributed by atoms with Crippen molar-refractivity contribution in [3.05, 3.63) is 30.1 Å². The Balaban J connectivity index is 2.74. The Bertz CT molecular complexity index is 457. The Kier molecular flexibility index (Phi) is 5.88. The van der Waals surface area contributed by atoms with E-state index in [9.17, 15) is 4.79 Å². The molecule has 6 heteroatoms. The number of amides is 1. The number of ether oxygens (including phenoxy) is 1. The molecule has 0 aliphatic heterocycles. The lowest BCUT2D eigenvalue weighted by Gasteiger charge is -2.27. The summed E-state index contributed by atoms with van der Waals surface area (Å²) in [6.07, 6.45) is 3.50. The van der Waals surface area contributed by atoms with Crippen molar-refractivity contribution in [1.29, 1.82) is 0 Å². The SMILES string of the molecule is CC(C)(C)OC(=O)N(CCC(N)=S)Cc1cccnc1. The monoisotopic (exact) mass is 295 g/mol. The van der Waals surface area contributed by atoms with Crippen molar-refractivity contribution in [3.63, 3.8) is 0 Å². The summed E-state index contributed by atoms with van der Waals surface area (Å²) in [5.41, 5.74) is 5.90. The number of nitrogens with zero attached hydrogens (tertiary/aromatic N) is 2. The number of pyridine rings is 1. The number of carbonyl (C=O) groups is 1. The van der Waals surface area contributed by atoms with E-state index in [-0.39, 0.29) is 6.09 Å². The molecule has 1 amide bonds. The lowest BCUT2D eigenvalue weighted by molar-refractivity contribution is 0.0239. The van der Waals surface area contributed by atoms with Gasteiger partial charge in [0, 0.05) is 25.4 Å². The summed E-state index contributed by atoms with van der Waals surface area (Å²) >= 11 is 4.86. The number of hydrogen-bond acceptors (Lipinski definition) is 4. The second-order valence-electron chi connectivity index (χ2n) is 5.48. The number of aromatic nitrogens is 1. The van der Waals surface area contributed by atoms with Gasteiger partial charge in [-0.1, -0.05) is 18.3 Å². The fraction of sp³-hybridized carbons (Fsp3) is 0.500. The minimum Gasteiger partial charge on any atom is -0.444 e. The molecule has 0 fully saturated rings. The van der Waals surface area contributed by atoms with E-state index in [1.54, 1.807) is 17.3 Å². The number of carbonyl (C=O) groups excluding carboxylic acids is 1. The van der Waals surface area contributed by atoms with Gasteiger partial charge in [-0.05, 0) is 32.4 Å². The first kappa shape index (κ1) is 16.4. The zero-order chi connectivity index (χ0) is 15.2. The van der Waals surface area contributed by atoms with E-state index >= 15 is 0 Å². The van der Waals surface area contributed by atoms with Crippen molar-refractivity contribution in [3.8, 4) is 0 Å². The highest BCUT2D eigenvalue weighted by Crippen LogP contribution is 2.12. The molecule has 0 saturated carbocycles. The lowest BCUT2D eigenvalue weighted by atomic mass is 10.2. The third-order valence-electron chi connectivity index (χ3n) is 2.38. The quantitative estimate of drug-likeness (QED) is 0.845. The van der Waals surface area contributed by atoms with Gasteiger partial charge >= 0.3 is 6.09 Å². The Morgan fingerprint density at radius 3 is 2.70 bits per heavy atom. The van der Waals surface area contributed by atoms with Gasteiger partial charge in [0.1, 0.15) is 5.60 Å². The first-order valence-corrected chi connectivity index (χ1v) is 6.84. The third kappa shape index (κ3) is 6.47. The van der Waals surface area contributed by atoms with E-state index in [1.165, 1.54) is 0 Å². The van der Waals surface area contributed by atoms with Crippen LogP contribution >= 0.6 is 12.2 Å². The number of rotatable bonds is 5. The van der Waals surface area contributed by atoms with Gasteiger partial charge in [-0.3, -0.25) is 4.98 Å². The molecule has 0 spiro atoms. The van der Waals surface area contributed by atoms with Crippen LogP contribution in [0.15, 0.2) is 24.5 Å². The van der Waals surface area contributed by atoms with E-state index in [0.717, 1.165) is 5.56 Å². The van der Waals surface area contributed by atoms with Crippen LogP contribution in [-0.2, 0) is 11.3 Å². The second-order valence-corrected chi connectivity index (χ2v) is 6.00. The summed E-state index contributed by atoms with van der Waals surface area (Å²) in [7, 11) is 0. The maximum Gasteiger partial charge on any atom is 0.410 e. The zero-order valence-corrected chi connectivity index (χ0v) is 12.9. The normalized spacial score (nSPS) is 10.9. The zero-order valence-electron chi connectivity index (χ0n) is 12.1.